The van der Waals surface area contributed by atoms with Gasteiger partial charge in [0.05, 0.1) is 0 Å². The van der Waals surface area contributed by atoms with E-state index in [1.807, 2.05) is 30.3 Å². The average Bonchev–Trinajstić information content (AvgIpc) is 2.20. The topological polar surface area (TPSA) is 41.8 Å². The highest BCUT2D eigenvalue weighted by Gasteiger charge is 2.10. The summed E-state index contributed by atoms with van der Waals surface area (Å²) in [5, 5.41) is 7.36. The Morgan fingerprint density at radius 3 is 2.54 bits per heavy atom. The molecule has 3 nitrogen and oxygen atoms in total. The highest BCUT2D eigenvalue weighted by atomic mass is 16.1. The Balaban J connectivity index is 2.25. The van der Waals surface area contributed by atoms with Crippen molar-refractivity contribution in [2.24, 2.45) is 10.2 Å². The van der Waals surface area contributed by atoms with Gasteiger partial charge in [0.2, 0.25) is 0 Å². The number of carbonyl (C=O) groups is 1. The fourth-order valence-electron chi connectivity index (χ4n) is 1.19. The van der Waals surface area contributed by atoms with Crippen LogP contribution >= 0.6 is 0 Å². The van der Waals surface area contributed by atoms with Crippen LogP contribution in [0.2, 0.25) is 0 Å². The molecule has 0 radical (unpaired) electrons. The van der Waals surface area contributed by atoms with E-state index in [9.17, 15) is 4.79 Å². The lowest BCUT2D eigenvalue weighted by Gasteiger charge is -2.07. The lowest BCUT2D eigenvalue weighted by molar-refractivity contribution is -0.114. The van der Waals surface area contributed by atoms with Gasteiger partial charge in [-0.2, -0.15) is 5.11 Å². The summed E-state index contributed by atoms with van der Waals surface area (Å²) in [6, 6.07) is 9.65. The minimum Gasteiger partial charge on any atom is -0.266 e. The predicted molar refractivity (Wildman–Crippen MR) is 48.2 cm³/mol. The number of nitrogens with zero attached hydrogens (tertiary/aromatic N) is 2. The number of hydrogen-bond acceptors (Lipinski definition) is 2. The van der Waals surface area contributed by atoms with Crippen LogP contribution < -0.4 is 0 Å². The van der Waals surface area contributed by atoms with Crippen molar-refractivity contribution in [3.63, 3.8) is 0 Å². The van der Waals surface area contributed by atoms with Gasteiger partial charge in [0, 0.05) is 6.08 Å². The van der Waals surface area contributed by atoms with Gasteiger partial charge in [0.1, 0.15) is 6.04 Å². The Labute approximate surface area is 75.8 Å². The molecule has 0 aromatic heterocycles. The van der Waals surface area contributed by atoms with Crippen molar-refractivity contribution >= 4 is 5.91 Å². The van der Waals surface area contributed by atoms with Crippen LogP contribution in [0.4, 0.5) is 0 Å². The molecule has 0 aliphatic carbocycles. The molecule has 1 amide bonds. The van der Waals surface area contributed by atoms with Gasteiger partial charge in [-0.3, -0.25) is 4.79 Å². The molecule has 1 aliphatic rings. The molecule has 2 rings (SSSR count). The lowest BCUT2D eigenvalue weighted by Crippen LogP contribution is -1.98. The largest absolute Gasteiger partial charge is 0.287 e. The minimum absolute atomic E-state index is 0.0982. The second-order valence-corrected chi connectivity index (χ2v) is 2.77. The highest BCUT2D eigenvalue weighted by molar-refractivity contribution is 5.88. The summed E-state index contributed by atoms with van der Waals surface area (Å²) in [5.41, 5.74) is 1.05. The molecule has 13 heavy (non-hydrogen) atoms. The monoisotopic (exact) mass is 172 g/mol. The van der Waals surface area contributed by atoms with Crippen molar-refractivity contribution in [3.05, 3.63) is 48.0 Å². The van der Waals surface area contributed by atoms with Gasteiger partial charge in [-0.25, -0.2) is 0 Å². The Hall–Kier alpha value is -1.77. The van der Waals surface area contributed by atoms with Gasteiger partial charge >= 0.3 is 0 Å². The van der Waals surface area contributed by atoms with Crippen molar-refractivity contribution in [2.75, 3.05) is 0 Å². The predicted octanol–water partition coefficient (Wildman–Crippen LogP) is 2.28. The van der Waals surface area contributed by atoms with Gasteiger partial charge < -0.3 is 0 Å². The van der Waals surface area contributed by atoms with Crippen LogP contribution in [0.3, 0.4) is 0 Å². The van der Waals surface area contributed by atoms with E-state index in [0.29, 0.717) is 0 Å². The second kappa shape index (κ2) is 3.31. The zero-order chi connectivity index (χ0) is 9.10. The van der Waals surface area contributed by atoms with Gasteiger partial charge in [-0.05, 0) is 11.6 Å². The first kappa shape index (κ1) is 7.86. The summed E-state index contributed by atoms with van der Waals surface area (Å²) in [6.45, 7) is 0. The average molecular weight is 172 g/mol. The first-order valence-electron chi connectivity index (χ1n) is 4.04. The zero-order valence-corrected chi connectivity index (χ0v) is 6.92. The fourth-order valence-corrected chi connectivity index (χ4v) is 1.19. The summed E-state index contributed by atoms with van der Waals surface area (Å²) >= 11 is 0. The Bertz CT molecular complexity index is 352. The lowest BCUT2D eigenvalue weighted by atomic mass is 10.1. The van der Waals surface area contributed by atoms with Crippen LogP contribution in [-0.4, -0.2) is 5.91 Å². The second-order valence-electron chi connectivity index (χ2n) is 2.77. The van der Waals surface area contributed by atoms with E-state index in [1.54, 1.807) is 6.08 Å². The standard InChI is InChI=1S/C10H8N2O/c13-10-7-6-9(11-12-10)8-4-2-1-3-5-8/h1-7,9H. The fraction of sp³-hybridized carbons (Fsp3) is 0.100. The molecule has 1 unspecified atom stereocenters. The Morgan fingerprint density at radius 2 is 1.92 bits per heavy atom. The number of amides is 1. The van der Waals surface area contributed by atoms with Crippen molar-refractivity contribution in [3.8, 4) is 0 Å². The molecule has 0 spiro atoms. The molecule has 64 valence electrons. The van der Waals surface area contributed by atoms with Crippen molar-refractivity contribution in [1.29, 1.82) is 0 Å². The van der Waals surface area contributed by atoms with E-state index < -0.39 is 0 Å². The number of benzene rings is 1. The van der Waals surface area contributed by atoms with Crippen LogP contribution in [0, 0.1) is 0 Å². The summed E-state index contributed by atoms with van der Waals surface area (Å²) < 4.78 is 0. The third kappa shape index (κ3) is 1.69. The molecule has 1 aliphatic heterocycles. The first-order chi connectivity index (χ1) is 6.36. The van der Waals surface area contributed by atoms with E-state index >= 15 is 0 Å². The van der Waals surface area contributed by atoms with Crippen molar-refractivity contribution in [1.82, 2.24) is 0 Å². The maximum atomic E-state index is 10.7. The van der Waals surface area contributed by atoms with Gasteiger partial charge in [-0.15, -0.1) is 5.11 Å². The number of carbonyl (C=O) groups excluding carboxylic acids is 1. The van der Waals surface area contributed by atoms with E-state index in [-0.39, 0.29) is 11.9 Å². The quantitative estimate of drug-likeness (QED) is 0.640. The van der Waals surface area contributed by atoms with Crippen LogP contribution in [0.5, 0.6) is 0 Å². The molecule has 0 bridgehead atoms. The summed E-state index contributed by atoms with van der Waals surface area (Å²) in [6.07, 6.45) is 3.20. The molecule has 1 atom stereocenters. The molecule has 1 heterocycles. The molecular weight excluding hydrogens is 164 g/mol. The van der Waals surface area contributed by atoms with Crippen molar-refractivity contribution < 1.29 is 4.79 Å². The van der Waals surface area contributed by atoms with Crippen LogP contribution in [0.15, 0.2) is 52.7 Å². The third-order valence-corrected chi connectivity index (χ3v) is 1.84. The number of azo groups is 1. The zero-order valence-electron chi connectivity index (χ0n) is 6.92. The molecule has 1 aromatic carbocycles. The summed E-state index contributed by atoms with van der Waals surface area (Å²) in [7, 11) is 0. The maximum absolute atomic E-state index is 10.7. The molecule has 0 N–H and O–H groups in total. The molecule has 0 saturated carbocycles. The van der Waals surface area contributed by atoms with Gasteiger partial charge in [0.25, 0.3) is 5.91 Å². The molecule has 1 aromatic rings. The van der Waals surface area contributed by atoms with Crippen LogP contribution in [0.25, 0.3) is 0 Å². The summed E-state index contributed by atoms with van der Waals surface area (Å²) in [5.74, 6) is -0.285. The normalized spacial score (nSPS) is 20.6. The smallest absolute Gasteiger partial charge is 0.266 e. The minimum atomic E-state index is -0.285. The number of hydrogen-bond donors (Lipinski definition) is 0. The Morgan fingerprint density at radius 1 is 1.15 bits per heavy atom. The number of rotatable bonds is 1. The first-order valence-corrected chi connectivity index (χ1v) is 4.04. The third-order valence-electron chi connectivity index (χ3n) is 1.84. The Kier molecular flexibility index (Phi) is 2.00. The summed E-state index contributed by atoms with van der Waals surface area (Å²) in [4.78, 5) is 10.7. The van der Waals surface area contributed by atoms with Crippen molar-refractivity contribution in [2.45, 2.75) is 6.04 Å². The SMILES string of the molecule is O=C1C=CC(c2ccccc2)N=N1. The van der Waals surface area contributed by atoms with E-state index in [1.165, 1.54) is 6.08 Å². The van der Waals surface area contributed by atoms with E-state index in [2.05, 4.69) is 10.2 Å². The van der Waals surface area contributed by atoms with Gasteiger partial charge in [0.15, 0.2) is 0 Å². The molecule has 0 saturated heterocycles. The van der Waals surface area contributed by atoms with E-state index in [0.717, 1.165) is 5.56 Å². The van der Waals surface area contributed by atoms with Crippen LogP contribution in [-0.2, 0) is 4.79 Å². The van der Waals surface area contributed by atoms with E-state index in [4.69, 9.17) is 0 Å². The van der Waals surface area contributed by atoms with Crippen LogP contribution in [0.1, 0.15) is 11.6 Å². The molecular formula is C10H8N2O. The highest BCUT2D eigenvalue weighted by Crippen LogP contribution is 2.21. The molecule has 0 fully saturated rings. The van der Waals surface area contributed by atoms with Gasteiger partial charge in [-0.1, -0.05) is 30.3 Å². The maximum Gasteiger partial charge on any atom is 0.287 e. The molecule has 3 heteroatoms.